The van der Waals surface area contributed by atoms with Crippen molar-refractivity contribution >= 4 is 24.4 Å². The van der Waals surface area contributed by atoms with Crippen LogP contribution in [0.5, 0.6) is 0 Å². The van der Waals surface area contributed by atoms with Crippen molar-refractivity contribution in [1.82, 2.24) is 9.97 Å². The van der Waals surface area contributed by atoms with Crippen LogP contribution in [-0.2, 0) is 0 Å². The summed E-state index contributed by atoms with van der Waals surface area (Å²) in [6, 6.07) is 1.47. The van der Waals surface area contributed by atoms with Crippen LogP contribution in [0.2, 0.25) is 0 Å². The summed E-state index contributed by atoms with van der Waals surface area (Å²) in [6.45, 7) is 5.61. The summed E-state index contributed by atoms with van der Waals surface area (Å²) in [5.41, 5.74) is 1.63. The predicted molar refractivity (Wildman–Crippen MR) is 63.3 cm³/mol. The number of nitrogens with one attached hydrogen (secondary N) is 1. The molecule has 5 heteroatoms. The van der Waals surface area contributed by atoms with Crippen molar-refractivity contribution < 1.29 is 0 Å². The second-order valence-corrected chi connectivity index (χ2v) is 4.17. The molecule has 0 atom stereocenters. The minimum absolute atomic E-state index is 0.114. The van der Waals surface area contributed by atoms with Gasteiger partial charge < -0.3 is 4.98 Å². The molecule has 3 nitrogen and oxygen atoms in total. The summed E-state index contributed by atoms with van der Waals surface area (Å²) in [7, 11) is 0. The van der Waals surface area contributed by atoms with E-state index in [0.717, 1.165) is 17.0 Å². The molecule has 0 aromatic carbocycles. The number of aromatic amines is 1. The molecule has 0 spiro atoms. The Balaban J connectivity index is 2.68. The van der Waals surface area contributed by atoms with Crippen LogP contribution in [0.25, 0.3) is 0 Å². The fourth-order valence-corrected chi connectivity index (χ4v) is 1.92. The third kappa shape index (κ3) is 3.59. The standard InChI is InChI=1S/C9H12N2OS2/c1-6(4-13)5-14-9-10-7(2)3-8(12)11-9/h3,13H,1,4-5H2,2H3,(H,10,11,12). The molecule has 0 aliphatic carbocycles. The Morgan fingerprint density at radius 1 is 1.79 bits per heavy atom. The number of nitrogens with zero attached hydrogens (tertiary/aromatic N) is 1. The Morgan fingerprint density at radius 3 is 3.07 bits per heavy atom. The van der Waals surface area contributed by atoms with Gasteiger partial charge in [-0.2, -0.15) is 12.6 Å². The quantitative estimate of drug-likeness (QED) is 0.356. The number of H-pyrrole nitrogens is 1. The first kappa shape index (κ1) is 11.4. The van der Waals surface area contributed by atoms with Crippen LogP contribution in [0.15, 0.2) is 28.2 Å². The summed E-state index contributed by atoms with van der Waals surface area (Å²) in [6.07, 6.45) is 0. The van der Waals surface area contributed by atoms with Crippen LogP contribution in [0.3, 0.4) is 0 Å². The fourth-order valence-electron chi connectivity index (χ4n) is 0.836. The molecule has 0 bridgehead atoms. The molecular formula is C9H12N2OS2. The first-order chi connectivity index (χ1) is 6.61. The zero-order chi connectivity index (χ0) is 10.6. The van der Waals surface area contributed by atoms with Crippen molar-refractivity contribution in [2.45, 2.75) is 12.1 Å². The molecule has 1 aromatic heterocycles. The molecule has 0 saturated carbocycles. The second-order valence-electron chi connectivity index (χ2n) is 2.89. The van der Waals surface area contributed by atoms with Crippen LogP contribution in [-0.4, -0.2) is 21.5 Å². The molecule has 1 heterocycles. The van der Waals surface area contributed by atoms with Gasteiger partial charge in [-0.1, -0.05) is 23.9 Å². The monoisotopic (exact) mass is 228 g/mol. The number of thiol groups is 1. The number of thioether (sulfide) groups is 1. The smallest absolute Gasteiger partial charge is 0.251 e. The van der Waals surface area contributed by atoms with Crippen molar-refractivity contribution in [2.24, 2.45) is 0 Å². The molecule has 14 heavy (non-hydrogen) atoms. The minimum Gasteiger partial charge on any atom is -0.301 e. The summed E-state index contributed by atoms with van der Waals surface area (Å²) in [5, 5.41) is 0.637. The van der Waals surface area contributed by atoms with Gasteiger partial charge in [0.2, 0.25) is 0 Å². The van der Waals surface area contributed by atoms with E-state index in [4.69, 9.17) is 0 Å². The Labute approximate surface area is 92.4 Å². The average Bonchev–Trinajstić information content (AvgIpc) is 2.12. The lowest BCUT2D eigenvalue weighted by Crippen LogP contribution is -2.08. The molecule has 1 rings (SSSR count). The summed E-state index contributed by atoms with van der Waals surface area (Å²) >= 11 is 5.56. The number of hydrogen-bond donors (Lipinski definition) is 2. The zero-order valence-electron chi connectivity index (χ0n) is 7.91. The van der Waals surface area contributed by atoms with E-state index in [1.54, 1.807) is 6.92 Å². The maximum atomic E-state index is 11.1. The van der Waals surface area contributed by atoms with Gasteiger partial charge in [0.15, 0.2) is 5.16 Å². The van der Waals surface area contributed by atoms with Gasteiger partial charge in [-0.05, 0) is 6.92 Å². The molecule has 0 fully saturated rings. The third-order valence-electron chi connectivity index (χ3n) is 1.48. The number of rotatable bonds is 4. The maximum Gasteiger partial charge on any atom is 0.251 e. The van der Waals surface area contributed by atoms with E-state index in [1.165, 1.54) is 17.8 Å². The van der Waals surface area contributed by atoms with Crippen molar-refractivity contribution in [1.29, 1.82) is 0 Å². The fraction of sp³-hybridized carbons (Fsp3) is 0.333. The Kier molecular flexibility index (Phi) is 4.28. The minimum atomic E-state index is -0.114. The number of hydrogen-bond acceptors (Lipinski definition) is 4. The molecule has 0 radical (unpaired) electrons. The first-order valence-electron chi connectivity index (χ1n) is 4.10. The highest BCUT2D eigenvalue weighted by molar-refractivity contribution is 7.99. The van der Waals surface area contributed by atoms with Gasteiger partial charge in [-0.15, -0.1) is 0 Å². The summed E-state index contributed by atoms with van der Waals surface area (Å²) < 4.78 is 0. The molecule has 0 aliphatic rings. The SMILES string of the molecule is C=C(CS)CSc1nc(C)cc(=O)[nH]1. The third-order valence-corrected chi connectivity index (χ3v) is 2.95. The number of aryl methyl sites for hydroxylation is 1. The molecule has 1 N–H and O–H groups in total. The highest BCUT2D eigenvalue weighted by Gasteiger charge is 1.99. The van der Waals surface area contributed by atoms with Crippen molar-refractivity contribution in [3.63, 3.8) is 0 Å². The molecule has 1 aromatic rings. The van der Waals surface area contributed by atoms with Crippen molar-refractivity contribution in [2.75, 3.05) is 11.5 Å². The largest absolute Gasteiger partial charge is 0.301 e. The van der Waals surface area contributed by atoms with Crippen LogP contribution in [0, 0.1) is 6.92 Å². The van der Waals surface area contributed by atoms with Gasteiger partial charge in [0.05, 0.1) is 0 Å². The summed E-state index contributed by atoms with van der Waals surface area (Å²) in [4.78, 5) is 17.9. The molecular weight excluding hydrogens is 216 g/mol. The van der Waals surface area contributed by atoms with Gasteiger partial charge in [-0.25, -0.2) is 4.98 Å². The molecule has 76 valence electrons. The van der Waals surface area contributed by atoms with E-state index in [2.05, 4.69) is 29.2 Å². The van der Waals surface area contributed by atoms with E-state index in [-0.39, 0.29) is 5.56 Å². The van der Waals surface area contributed by atoms with Gasteiger partial charge in [0, 0.05) is 23.3 Å². The normalized spacial score (nSPS) is 10.1. The van der Waals surface area contributed by atoms with Crippen molar-refractivity contribution in [3.05, 3.63) is 34.3 Å². The molecule has 0 unspecified atom stereocenters. The van der Waals surface area contributed by atoms with Crippen molar-refractivity contribution in [3.8, 4) is 0 Å². The molecule has 0 aliphatic heterocycles. The highest BCUT2D eigenvalue weighted by atomic mass is 32.2. The van der Waals surface area contributed by atoms with E-state index in [1.807, 2.05) is 0 Å². The topological polar surface area (TPSA) is 45.8 Å². The lowest BCUT2D eigenvalue weighted by Gasteiger charge is -2.01. The first-order valence-corrected chi connectivity index (χ1v) is 5.72. The van der Waals surface area contributed by atoms with E-state index >= 15 is 0 Å². The van der Waals surface area contributed by atoms with E-state index < -0.39 is 0 Å². The van der Waals surface area contributed by atoms with Gasteiger partial charge in [-0.3, -0.25) is 4.79 Å². The average molecular weight is 228 g/mol. The number of aromatic nitrogens is 2. The van der Waals surface area contributed by atoms with Gasteiger partial charge in [0.25, 0.3) is 5.56 Å². The van der Waals surface area contributed by atoms with Crippen LogP contribution in [0.1, 0.15) is 5.69 Å². The van der Waals surface area contributed by atoms with Gasteiger partial charge in [0.1, 0.15) is 0 Å². The Bertz CT molecular complexity index is 387. The summed E-state index contributed by atoms with van der Waals surface area (Å²) in [5.74, 6) is 1.39. The molecule has 0 amide bonds. The lowest BCUT2D eigenvalue weighted by molar-refractivity contribution is 0.906. The Hall–Kier alpha value is -0.680. The van der Waals surface area contributed by atoms with Crippen LogP contribution in [0.4, 0.5) is 0 Å². The highest BCUT2D eigenvalue weighted by Crippen LogP contribution is 2.14. The lowest BCUT2D eigenvalue weighted by atomic mass is 10.4. The second kappa shape index (κ2) is 5.26. The zero-order valence-corrected chi connectivity index (χ0v) is 9.62. The van der Waals surface area contributed by atoms with Crippen LogP contribution >= 0.6 is 24.4 Å². The van der Waals surface area contributed by atoms with E-state index in [9.17, 15) is 4.79 Å². The molecule has 0 saturated heterocycles. The maximum absolute atomic E-state index is 11.1. The van der Waals surface area contributed by atoms with Crippen LogP contribution < -0.4 is 5.56 Å². The Morgan fingerprint density at radius 2 is 2.50 bits per heavy atom. The van der Waals surface area contributed by atoms with E-state index in [0.29, 0.717) is 10.9 Å². The predicted octanol–water partition coefficient (Wildman–Crippen LogP) is 1.66. The van der Waals surface area contributed by atoms with Gasteiger partial charge >= 0.3 is 0 Å².